The number of hydrogen-bond acceptors (Lipinski definition) is 6. The summed E-state index contributed by atoms with van der Waals surface area (Å²) >= 11 is 6.22. The monoisotopic (exact) mass is 548 g/mol. The summed E-state index contributed by atoms with van der Waals surface area (Å²) in [4.78, 5) is 30.8. The fourth-order valence-corrected chi connectivity index (χ4v) is 5.32. The summed E-state index contributed by atoms with van der Waals surface area (Å²) in [5, 5.41) is 6.30. The molecule has 39 heavy (non-hydrogen) atoms. The van der Waals surface area contributed by atoms with E-state index in [0.29, 0.717) is 28.4 Å². The summed E-state index contributed by atoms with van der Waals surface area (Å²) in [7, 11) is 1.68. The maximum atomic E-state index is 13.4. The lowest BCUT2D eigenvalue weighted by atomic mass is 10.1. The maximum Gasteiger partial charge on any atom is 0.257 e. The predicted octanol–water partition coefficient (Wildman–Crippen LogP) is 4.84. The van der Waals surface area contributed by atoms with Crippen LogP contribution in [0.4, 0.5) is 17.1 Å². The van der Waals surface area contributed by atoms with Crippen molar-refractivity contribution in [3.05, 3.63) is 82.9 Å². The van der Waals surface area contributed by atoms with E-state index in [9.17, 15) is 9.59 Å². The van der Waals surface area contributed by atoms with Crippen LogP contribution >= 0.6 is 11.6 Å². The molecule has 2 amide bonds. The normalized spacial score (nSPS) is 17.1. The van der Waals surface area contributed by atoms with E-state index in [1.165, 1.54) is 0 Å². The molecule has 2 aliphatic rings. The van der Waals surface area contributed by atoms with Crippen molar-refractivity contribution in [3.8, 4) is 5.75 Å². The van der Waals surface area contributed by atoms with Crippen LogP contribution in [0.1, 0.15) is 33.6 Å². The quantitative estimate of drug-likeness (QED) is 0.419. The van der Waals surface area contributed by atoms with E-state index in [2.05, 4.69) is 26.5 Å². The van der Waals surface area contributed by atoms with Gasteiger partial charge < -0.3 is 29.9 Å². The average molecular weight is 549 g/mol. The molecule has 3 aromatic carbocycles. The fraction of sp³-hybridized carbons (Fsp3) is 0.333. The van der Waals surface area contributed by atoms with Gasteiger partial charge in [-0.2, -0.15) is 0 Å². The highest BCUT2D eigenvalue weighted by Gasteiger charge is 2.25. The van der Waals surface area contributed by atoms with Crippen molar-refractivity contribution in [2.24, 2.45) is 0 Å². The van der Waals surface area contributed by atoms with Gasteiger partial charge in [0.15, 0.2) is 0 Å². The molecule has 3 aromatic rings. The van der Waals surface area contributed by atoms with E-state index < -0.39 is 0 Å². The van der Waals surface area contributed by atoms with Crippen LogP contribution in [0.15, 0.2) is 66.7 Å². The molecule has 0 radical (unpaired) electrons. The third-order valence-corrected chi connectivity index (χ3v) is 7.51. The Balaban J connectivity index is 1.35. The first-order valence-corrected chi connectivity index (χ1v) is 13.6. The molecular formula is C30H33ClN4O4. The van der Waals surface area contributed by atoms with Crippen molar-refractivity contribution in [3.63, 3.8) is 0 Å². The van der Waals surface area contributed by atoms with Gasteiger partial charge in [0, 0.05) is 50.7 Å². The number of piperazine rings is 1. The van der Waals surface area contributed by atoms with Crippen molar-refractivity contribution >= 4 is 40.5 Å². The van der Waals surface area contributed by atoms with Gasteiger partial charge in [0.2, 0.25) is 0 Å². The first-order valence-electron chi connectivity index (χ1n) is 13.3. The molecular weight excluding hydrogens is 516 g/mol. The molecule has 2 N–H and O–H groups in total. The van der Waals surface area contributed by atoms with Crippen LogP contribution in [0.5, 0.6) is 5.75 Å². The molecule has 2 saturated heterocycles. The summed E-state index contributed by atoms with van der Waals surface area (Å²) in [6, 6.07) is 20.4. The Hall–Kier alpha value is -3.75. The van der Waals surface area contributed by atoms with Gasteiger partial charge in [0.25, 0.3) is 11.8 Å². The number of carbonyl (C=O) groups is 2. The number of nitrogens with one attached hydrogen (secondary N) is 2. The van der Waals surface area contributed by atoms with Gasteiger partial charge in [-0.25, -0.2) is 0 Å². The minimum absolute atomic E-state index is 0.0323. The molecule has 8 nitrogen and oxygen atoms in total. The highest BCUT2D eigenvalue weighted by atomic mass is 35.5. The van der Waals surface area contributed by atoms with Crippen molar-refractivity contribution < 1.29 is 19.1 Å². The number of amides is 2. The number of halogens is 1. The molecule has 9 heteroatoms. The zero-order chi connectivity index (χ0) is 27.2. The lowest BCUT2D eigenvalue weighted by molar-refractivity contribution is 0.0858. The number of ether oxygens (including phenoxy) is 2. The summed E-state index contributed by atoms with van der Waals surface area (Å²) in [5.41, 5.74) is 3.30. The van der Waals surface area contributed by atoms with Crippen LogP contribution in [-0.2, 0) is 4.74 Å². The van der Waals surface area contributed by atoms with E-state index in [-0.39, 0.29) is 17.9 Å². The molecule has 0 unspecified atom stereocenters. The number of benzene rings is 3. The smallest absolute Gasteiger partial charge is 0.257 e. The Labute approximate surface area is 233 Å². The number of hydrogen-bond donors (Lipinski definition) is 2. The predicted molar refractivity (Wildman–Crippen MR) is 155 cm³/mol. The Bertz CT molecular complexity index is 1320. The Morgan fingerprint density at radius 1 is 0.923 bits per heavy atom. The molecule has 0 aliphatic carbocycles. The highest BCUT2D eigenvalue weighted by Crippen LogP contribution is 2.31. The maximum absolute atomic E-state index is 13.4. The molecule has 2 aliphatic heterocycles. The van der Waals surface area contributed by atoms with Crippen LogP contribution in [0.25, 0.3) is 0 Å². The Morgan fingerprint density at radius 2 is 1.64 bits per heavy atom. The molecule has 0 spiro atoms. The van der Waals surface area contributed by atoms with E-state index in [0.717, 1.165) is 62.8 Å². The zero-order valence-electron chi connectivity index (χ0n) is 22.0. The number of rotatable bonds is 8. The van der Waals surface area contributed by atoms with Gasteiger partial charge in [-0.3, -0.25) is 9.59 Å². The number of methoxy groups -OCH3 is 1. The van der Waals surface area contributed by atoms with Crippen molar-refractivity contribution in [1.82, 2.24) is 5.32 Å². The second-order valence-corrected chi connectivity index (χ2v) is 10.1. The van der Waals surface area contributed by atoms with E-state index in [1.54, 1.807) is 37.4 Å². The average Bonchev–Trinajstić information content (AvgIpc) is 3.50. The largest absolute Gasteiger partial charge is 0.495 e. The third kappa shape index (κ3) is 6.29. The van der Waals surface area contributed by atoms with Gasteiger partial charge in [0.05, 0.1) is 35.1 Å². The summed E-state index contributed by atoms with van der Waals surface area (Å²) < 4.78 is 11.2. The van der Waals surface area contributed by atoms with Crippen LogP contribution < -0.4 is 25.2 Å². The van der Waals surface area contributed by atoms with Gasteiger partial charge in [0.1, 0.15) is 5.75 Å². The number of anilines is 3. The van der Waals surface area contributed by atoms with E-state index in [4.69, 9.17) is 21.1 Å². The van der Waals surface area contributed by atoms with Crippen molar-refractivity contribution in [2.75, 3.05) is 61.6 Å². The van der Waals surface area contributed by atoms with Gasteiger partial charge in [-0.05, 0) is 55.3 Å². The first kappa shape index (κ1) is 26.8. The van der Waals surface area contributed by atoms with Crippen LogP contribution in [0.3, 0.4) is 0 Å². The molecule has 0 aromatic heterocycles. The van der Waals surface area contributed by atoms with Crippen molar-refractivity contribution in [1.29, 1.82) is 0 Å². The number of nitrogens with zero attached hydrogens (tertiary/aromatic N) is 2. The molecule has 2 fully saturated rings. The molecule has 1 atom stereocenters. The molecule has 0 bridgehead atoms. The number of carbonyl (C=O) groups excluding carboxylic acids is 2. The third-order valence-electron chi connectivity index (χ3n) is 7.18. The molecule has 2 heterocycles. The van der Waals surface area contributed by atoms with Gasteiger partial charge in [-0.1, -0.05) is 35.9 Å². The number of para-hydroxylation sites is 2. The highest BCUT2D eigenvalue weighted by molar-refractivity contribution is 6.34. The van der Waals surface area contributed by atoms with E-state index in [1.807, 2.05) is 30.3 Å². The standard InChI is InChI=1S/C30H33ClN4O4/c1-38-28-11-5-4-10-27(28)35-16-14-34(15-17-35)26-13-12-21(33-30(37)23-8-2-3-9-25(23)31)19-24(26)29(36)32-20-22-7-6-18-39-22/h2-5,8-13,19,22H,6-7,14-18,20H2,1H3,(H,32,36)(H,33,37)/t22-/m1/s1. The van der Waals surface area contributed by atoms with Crippen molar-refractivity contribution in [2.45, 2.75) is 18.9 Å². The SMILES string of the molecule is COc1ccccc1N1CCN(c2ccc(NC(=O)c3ccccc3Cl)cc2C(=O)NC[C@H]2CCCO2)CC1. The van der Waals surface area contributed by atoms with E-state index >= 15 is 0 Å². The fourth-order valence-electron chi connectivity index (χ4n) is 5.10. The second kappa shape index (κ2) is 12.4. The van der Waals surface area contributed by atoms with Crippen LogP contribution in [0, 0.1) is 0 Å². The minimum Gasteiger partial charge on any atom is -0.495 e. The summed E-state index contributed by atoms with van der Waals surface area (Å²) in [5.74, 6) is 0.324. The Kier molecular flexibility index (Phi) is 8.54. The van der Waals surface area contributed by atoms with Crippen LogP contribution in [-0.4, -0.2) is 64.4 Å². The van der Waals surface area contributed by atoms with Crippen LogP contribution in [0.2, 0.25) is 5.02 Å². The molecule has 204 valence electrons. The molecule has 0 saturated carbocycles. The summed E-state index contributed by atoms with van der Waals surface area (Å²) in [6.45, 7) is 4.21. The lowest BCUT2D eigenvalue weighted by Gasteiger charge is -2.38. The van der Waals surface area contributed by atoms with Gasteiger partial charge >= 0.3 is 0 Å². The lowest BCUT2D eigenvalue weighted by Crippen LogP contribution is -2.47. The Morgan fingerprint density at radius 3 is 2.36 bits per heavy atom. The topological polar surface area (TPSA) is 83.1 Å². The molecule has 5 rings (SSSR count). The zero-order valence-corrected chi connectivity index (χ0v) is 22.7. The summed E-state index contributed by atoms with van der Waals surface area (Å²) in [6.07, 6.45) is 1.97. The van der Waals surface area contributed by atoms with Gasteiger partial charge in [-0.15, -0.1) is 0 Å². The minimum atomic E-state index is -0.329. The second-order valence-electron chi connectivity index (χ2n) is 9.66. The first-order chi connectivity index (χ1) is 19.0.